The molecule has 0 atom stereocenters. The number of carboxylic acid groups (broad SMARTS) is 1. The molecule has 0 saturated carbocycles. The van der Waals surface area contributed by atoms with Gasteiger partial charge in [-0.2, -0.15) is 13.2 Å². The van der Waals surface area contributed by atoms with Gasteiger partial charge < -0.3 is 14.6 Å². The largest absolute Gasteiger partial charge is 0.481 e. The molecule has 4 rings (SSSR count). The van der Waals surface area contributed by atoms with Crippen LogP contribution in [0.3, 0.4) is 0 Å². The second-order valence-corrected chi connectivity index (χ2v) is 9.55. The fourth-order valence-electron chi connectivity index (χ4n) is 4.60. The number of pyridine rings is 1. The summed E-state index contributed by atoms with van der Waals surface area (Å²) in [6, 6.07) is 4.04. The number of amides is 1. The summed E-state index contributed by atoms with van der Waals surface area (Å²) < 4.78 is 41.5. The van der Waals surface area contributed by atoms with E-state index in [2.05, 4.69) is 4.98 Å². The predicted molar refractivity (Wildman–Crippen MR) is 126 cm³/mol. The highest BCUT2D eigenvalue weighted by Crippen LogP contribution is 2.39. The van der Waals surface area contributed by atoms with Crippen LogP contribution in [-0.2, 0) is 11.0 Å². The van der Waals surface area contributed by atoms with Crippen LogP contribution in [0.5, 0.6) is 0 Å². The first-order valence-corrected chi connectivity index (χ1v) is 11.7. The average Bonchev–Trinajstić information content (AvgIpc) is 3.09. The van der Waals surface area contributed by atoms with Crippen LogP contribution < -0.4 is 0 Å². The van der Waals surface area contributed by atoms with E-state index in [1.54, 1.807) is 22.6 Å². The number of hydrogen-bond acceptors (Lipinski definition) is 3. The van der Waals surface area contributed by atoms with Gasteiger partial charge in [0, 0.05) is 31.1 Å². The van der Waals surface area contributed by atoms with E-state index in [-0.39, 0.29) is 45.2 Å². The highest BCUT2D eigenvalue weighted by atomic mass is 35.5. The van der Waals surface area contributed by atoms with E-state index >= 15 is 0 Å². The lowest BCUT2D eigenvalue weighted by atomic mass is 9.93. The molecule has 3 heterocycles. The number of piperidine rings is 1. The number of aromatic nitrogens is 2. The number of aryl methyl sites for hydroxylation is 2. The molecule has 0 unspecified atom stereocenters. The van der Waals surface area contributed by atoms with Crippen LogP contribution in [0, 0.1) is 19.8 Å². The lowest BCUT2D eigenvalue weighted by Gasteiger charge is -2.31. The molecule has 1 aliphatic heterocycles. The minimum absolute atomic E-state index is 0.0130. The Morgan fingerprint density at radius 1 is 1.17 bits per heavy atom. The standard InChI is InChI=1S/C24H22Cl2F3N3O3/c1-12-11-32(21-13(2)30-18(10-16(12)21)24(27,28)29)22-17(25)4-3-15(20(22)26)23(35)31-7-5-14(6-8-31)9-19(33)34/h3-4,10-11,14H,5-9H2,1-2H3,(H,33,34). The molecule has 11 heteroatoms. The second kappa shape index (κ2) is 9.35. The van der Waals surface area contributed by atoms with Crippen molar-refractivity contribution >= 4 is 46.0 Å². The van der Waals surface area contributed by atoms with E-state index in [1.807, 2.05) is 0 Å². The Labute approximate surface area is 209 Å². The minimum Gasteiger partial charge on any atom is -0.481 e. The summed E-state index contributed by atoms with van der Waals surface area (Å²) in [6.07, 6.45) is -1.75. The number of nitrogens with zero attached hydrogens (tertiary/aromatic N) is 3. The van der Waals surface area contributed by atoms with Crippen molar-refractivity contribution in [2.45, 2.75) is 39.3 Å². The van der Waals surface area contributed by atoms with E-state index in [9.17, 15) is 22.8 Å². The van der Waals surface area contributed by atoms with Crippen LogP contribution in [0.1, 0.15) is 46.6 Å². The van der Waals surface area contributed by atoms with Gasteiger partial charge in [-0.25, -0.2) is 4.98 Å². The molecule has 1 N–H and O–H groups in total. The molecule has 186 valence electrons. The van der Waals surface area contributed by atoms with Crippen LogP contribution in [0.25, 0.3) is 16.6 Å². The summed E-state index contributed by atoms with van der Waals surface area (Å²) in [4.78, 5) is 29.6. The van der Waals surface area contributed by atoms with Gasteiger partial charge in [-0.05, 0) is 56.4 Å². The number of benzene rings is 1. The van der Waals surface area contributed by atoms with Crippen molar-refractivity contribution in [1.29, 1.82) is 0 Å². The SMILES string of the molecule is Cc1cn(-c2c(Cl)ccc(C(=O)N3CCC(CC(=O)O)CC3)c2Cl)c2c(C)nc(C(F)(F)F)cc12. The van der Waals surface area contributed by atoms with Gasteiger partial charge in [0.15, 0.2) is 0 Å². The maximum atomic E-state index is 13.3. The van der Waals surface area contributed by atoms with Crippen LogP contribution in [0.15, 0.2) is 24.4 Å². The van der Waals surface area contributed by atoms with Crippen LogP contribution in [0.4, 0.5) is 13.2 Å². The first-order valence-electron chi connectivity index (χ1n) is 10.9. The van der Waals surface area contributed by atoms with Crippen LogP contribution in [-0.4, -0.2) is 44.5 Å². The Bertz CT molecular complexity index is 1330. The van der Waals surface area contributed by atoms with E-state index in [0.29, 0.717) is 42.4 Å². The Balaban J connectivity index is 1.74. The third-order valence-electron chi connectivity index (χ3n) is 6.35. The third-order valence-corrected chi connectivity index (χ3v) is 7.04. The molecule has 1 amide bonds. The molecule has 0 spiro atoms. The number of aliphatic carboxylic acids is 1. The fraction of sp³-hybridized carbons (Fsp3) is 0.375. The molecule has 1 saturated heterocycles. The molecule has 0 bridgehead atoms. The van der Waals surface area contributed by atoms with Crippen LogP contribution in [0.2, 0.25) is 10.0 Å². The van der Waals surface area contributed by atoms with Crippen molar-refractivity contribution in [2.75, 3.05) is 13.1 Å². The molecule has 35 heavy (non-hydrogen) atoms. The summed E-state index contributed by atoms with van der Waals surface area (Å²) in [7, 11) is 0. The van der Waals surface area contributed by atoms with Gasteiger partial charge in [-0.3, -0.25) is 9.59 Å². The highest BCUT2D eigenvalue weighted by Gasteiger charge is 2.34. The Morgan fingerprint density at radius 3 is 2.43 bits per heavy atom. The van der Waals surface area contributed by atoms with E-state index < -0.39 is 17.8 Å². The van der Waals surface area contributed by atoms with Gasteiger partial charge in [0.1, 0.15) is 5.69 Å². The molecular formula is C24H22Cl2F3N3O3. The Kier molecular flexibility index (Phi) is 6.76. The van der Waals surface area contributed by atoms with E-state index in [1.165, 1.54) is 19.1 Å². The molecule has 0 radical (unpaired) electrons. The monoisotopic (exact) mass is 527 g/mol. The van der Waals surface area contributed by atoms with Gasteiger partial charge in [0.25, 0.3) is 5.91 Å². The number of hydrogen-bond donors (Lipinski definition) is 1. The minimum atomic E-state index is -4.59. The van der Waals surface area contributed by atoms with Gasteiger partial charge in [0.2, 0.25) is 0 Å². The number of carbonyl (C=O) groups is 2. The summed E-state index contributed by atoms with van der Waals surface area (Å²) >= 11 is 13.2. The number of likely N-dealkylation sites (tertiary alicyclic amines) is 1. The third kappa shape index (κ3) is 4.84. The molecule has 1 fully saturated rings. The molecule has 6 nitrogen and oxygen atoms in total. The quantitative estimate of drug-likeness (QED) is 0.432. The smallest absolute Gasteiger partial charge is 0.433 e. The summed E-state index contributed by atoms with van der Waals surface area (Å²) in [5.41, 5.74) is 0.629. The zero-order valence-corrected chi connectivity index (χ0v) is 20.4. The topological polar surface area (TPSA) is 75.4 Å². The summed E-state index contributed by atoms with van der Waals surface area (Å²) in [6.45, 7) is 3.96. The molecule has 2 aromatic heterocycles. The fourth-order valence-corrected chi connectivity index (χ4v) is 5.24. The first-order chi connectivity index (χ1) is 16.4. The maximum absolute atomic E-state index is 13.3. The van der Waals surface area contributed by atoms with Crippen LogP contribution >= 0.6 is 23.2 Å². The Hall–Kier alpha value is -2.78. The highest BCUT2D eigenvalue weighted by molar-refractivity contribution is 6.40. The molecule has 3 aromatic rings. The summed E-state index contributed by atoms with van der Waals surface area (Å²) in [5, 5.41) is 9.65. The van der Waals surface area contributed by atoms with Crippen molar-refractivity contribution in [3.05, 3.63) is 57.0 Å². The zero-order chi connectivity index (χ0) is 25.7. The maximum Gasteiger partial charge on any atom is 0.433 e. The number of carbonyl (C=O) groups excluding carboxylic acids is 1. The van der Waals surface area contributed by atoms with Gasteiger partial charge in [-0.15, -0.1) is 0 Å². The van der Waals surface area contributed by atoms with E-state index in [0.717, 1.165) is 6.07 Å². The average molecular weight is 528 g/mol. The van der Waals surface area contributed by atoms with Crippen molar-refractivity contribution in [3.8, 4) is 5.69 Å². The lowest BCUT2D eigenvalue weighted by Crippen LogP contribution is -2.39. The molecule has 1 aliphatic rings. The summed E-state index contributed by atoms with van der Waals surface area (Å²) in [5.74, 6) is -1.16. The second-order valence-electron chi connectivity index (χ2n) is 8.76. The number of carboxylic acids is 1. The van der Waals surface area contributed by atoms with Gasteiger partial charge in [-0.1, -0.05) is 23.2 Å². The lowest BCUT2D eigenvalue weighted by molar-refractivity contribution is -0.141. The molecule has 1 aromatic carbocycles. The number of fused-ring (bicyclic) bond motifs is 1. The predicted octanol–water partition coefficient (Wildman–Crippen LogP) is 6.29. The first kappa shape index (κ1) is 25.3. The Morgan fingerprint density at radius 2 is 1.83 bits per heavy atom. The normalized spacial score (nSPS) is 15.1. The zero-order valence-electron chi connectivity index (χ0n) is 18.9. The van der Waals surface area contributed by atoms with E-state index in [4.69, 9.17) is 28.3 Å². The van der Waals surface area contributed by atoms with Crippen molar-refractivity contribution in [1.82, 2.24) is 14.5 Å². The number of halogens is 5. The van der Waals surface area contributed by atoms with Crippen molar-refractivity contribution in [3.63, 3.8) is 0 Å². The van der Waals surface area contributed by atoms with Gasteiger partial charge >= 0.3 is 12.1 Å². The van der Waals surface area contributed by atoms with Crippen molar-refractivity contribution in [2.24, 2.45) is 5.92 Å². The molecule has 0 aliphatic carbocycles. The number of alkyl halides is 3. The van der Waals surface area contributed by atoms with Crippen molar-refractivity contribution < 1.29 is 27.9 Å². The van der Waals surface area contributed by atoms with Gasteiger partial charge in [0.05, 0.1) is 32.5 Å². The number of rotatable bonds is 4. The molecular weight excluding hydrogens is 506 g/mol.